The lowest BCUT2D eigenvalue weighted by Crippen LogP contribution is -2.00. The quantitative estimate of drug-likeness (QED) is 0.391. The summed E-state index contributed by atoms with van der Waals surface area (Å²) >= 11 is 3.48. The normalized spacial score (nSPS) is 11.6. The molecule has 0 saturated carbocycles. The van der Waals surface area contributed by atoms with Crippen LogP contribution in [-0.2, 0) is 0 Å². The van der Waals surface area contributed by atoms with Crippen LogP contribution >= 0.6 is 15.9 Å². The van der Waals surface area contributed by atoms with E-state index in [1.54, 1.807) is 0 Å². The fourth-order valence-electron chi connectivity index (χ4n) is 3.19. The van der Waals surface area contributed by atoms with Gasteiger partial charge in [0.25, 0.3) is 0 Å². The van der Waals surface area contributed by atoms with Gasteiger partial charge in [0.2, 0.25) is 0 Å². The van der Waals surface area contributed by atoms with Crippen LogP contribution in [0.5, 0.6) is 0 Å². The number of nitrogen functional groups attached to an aromatic ring is 1. The summed E-state index contributed by atoms with van der Waals surface area (Å²) in [5, 5.41) is 2.56. The maximum atomic E-state index is 12.6. The number of aromatic nitrogens is 2. The molecule has 3 N–H and O–H groups in total. The van der Waals surface area contributed by atoms with Crippen LogP contribution in [0.3, 0.4) is 0 Å². The molecule has 6 heteroatoms. The fraction of sp³-hybridized carbons (Fsp3) is 0. The number of aromatic amines is 1. The lowest BCUT2D eigenvalue weighted by atomic mass is 10.1. The first-order valence-electron chi connectivity index (χ1n) is 8.00. The molecule has 0 saturated heterocycles. The molecule has 0 amide bonds. The second kappa shape index (κ2) is 5.44. The summed E-state index contributed by atoms with van der Waals surface area (Å²) in [6, 6.07) is 16.8. The largest absolute Gasteiger partial charge is 0.456 e. The van der Waals surface area contributed by atoms with Crippen LogP contribution in [0.1, 0.15) is 0 Å². The van der Waals surface area contributed by atoms with Gasteiger partial charge in [-0.1, -0.05) is 22.0 Å². The molecule has 0 radical (unpaired) electrons. The predicted molar refractivity (Wildman–Crippen MR) is 107 cm³/mol. The average Bonchev–Trinajstić information content (AvgIpc) is 2.99. The van der Waals surface area contributed by atoms with Crippen molar-refractivity contribution >= 4 is 54.7 Å². The Labute approximate surface area is 155 Å². The number of hydrogen-bond donors (Lipinski definition) is 2. The van der Waals surface area contributed by atoms with E-state index in [1.165, 1.54) is 6.07 Å². The summed E-state index contributed by atoms with van der Waals surface area (Å²) in [5.74, 6) is 0.862. The van der Waals surface area contributed by atoms with E-state index in [0.29, 0.717) is 22.7 Å². The Balaban J connectivity index is 1.76. The van der Waals surface area contributed by atoms with Gasteiger partial charge in [-0.3, -0.25) is 4.79 Å². The van der Waals surface area contributed by atoms with E-state index >= 15 is 0 Å². The van der Waals surface area contributed by atoms with Crippen molar-refractivity contribution in [2.24, 2.45) is 0 Å². The minimum atomic E-state index is -0.0738. The van der Waals surface area contributed by atoms with Crippen LogP contribution in [0.25, 0.3) is 44.1 Å². The molecule has 0 aliphatic rings. The van der Waals surface area contributed by atoms with Crippen LogP contribution in [0.15, 0.2) is 68.3 Å². The number of anilines is 1. The molecule has 3 aromatic carbocycles. The average molecular weight is 406 g/mol. The van der Waals surface area contributed by atoms with E-state index in [1.807, 2.05) is 48.5 Å². The Morgan fingerprint density at radius 3 is 2.77 bits per heavy atom. The van der Waals surface area contributed by atoms with E-state index in [-0.39, 0.29) is 5.43 Å². The van der Waals surface area contributed by atoms with Crippen LogP contribution < -0.4 is 11.2 Å². The fourth-order valence-corrected chi connectivity index (χ4v) is 3.57. The SMILES string of the molecule is Nc1nc2ccc(-c3cc(=O)c4cc5ccc(Br)cc5cc4o3)cc2[nH]1. The maximum absolute atomic E-state index is 12.6. The third-order valence-corrected chi connectivity index (χ3v) is 4.93. The number of nitrogens with zero attached hydrogens (tertiary/aromatic N) is 1. The van der Waals surface area contributed by atoms with Gasteiger partial charge in [-0.2, -0.15) is 0 Å². The van der Waals surface area contributed by atoms with Crippen molar-refractivity contribution < 1.29 is 4.42 Å². The third kappa shape index (κ3) is 2.38. The molecule has 5 aromatic rings. The Morgan fingerprint density at radius 2 is 1.88 bits per heavy atom. The molecule has 2 aromatic heterocycles. The molecule has 126 valence electrons. The molecular formula is C20H12BrN3O2. The molecular weight excluding hydrogens is 394 g/mol. The number of nitrogens with two attached hydrogens (primary N) is 1. The smallest absolute Gasteiger partial charge is 0.198 e. The number of imidazole rings is 1. The summed E-state index contributed by atoms with van der Waals surface area (Å²) in [4.78, 5) is 19.8. The Kier molecular flexibility index (Phi) is 3.17. The number of halogens is 1. The van der Waals surface area contributed by atoms with Crippen molar-refractivity contribution in [3.05, 3.63) is 69.3 Å². The first kappa shape index (κ1) is 15.2. The first-order valence-corrected chi connectivity index (χ1v) is 8.79. The van der Waals surface area contributed by atoms with Gasteiger partial charge < -0.3 is 15.1 Å². The Morgan fingerprint density at radius 1 is 1.00 bits per heavy atom. The van der Waals surface area contributed by atoms with Crippen molar-refractivity contribution in [1.29, 1.82) is 0 Å². The molecule has 0 bridgehead atoms. The number of benzene rings is 3. The second-order valence-corrected chi connectivity index (χ2v) is 7.08. The van der Waals surface area contributed by atoms with Crippen molar-refractivity contribution in [1.82, 2.24) is 9.97 Å². The van der Waals surface area contributed by atoms with Crippen LogP contribution in [0, 0.1) is 0 Å². The van der Waals surface area contributed by atoms with Crippen LogP contribution in [-0.4, -0.2) is 9.97 Å². The summed E-state index contributed by atoms with van der Waals surface area (Å²) < 4.78 is 7.03. The highest BCUT2D eigenvalue weighted by Gasteiger charge is 2.10. The van der Waals surface area contributed by atoms with Crippen molar-refractivity contribution in [2.45, 2.75) is 0 Å². The Hall–Kier alpha value is -3.12. The van der Waals surface area contributed by atoms with Gasteiger partial charge in [-0.15, -0.1) is 0 Å². The Bertz CT molecular complexity index is 1390. The van der Waals surface area contributed by atoms with Gasteiger partial charge in [-0.05, 0) is 53.2 Å². The molecule has 5 nitrogen and oxygen atoms in total. The lowest BCUT2D eigenvalue weighted by molar-refractivity contribution is 0.619. The second-order valence-electron chi connectivity index (χ2n) is 6.17. The minimum absolute atomic E-state index is 0.0738. The monoisotopic (exact) mass is 405 g/mol. The molecule has 0 aliphatic heterocycles. The zero-order valence-electron chi connectivity index (χ0n) is 13.4. The van der Waals surface area contributed by atoms with E-state index < -0.39 is 0 Å². The third-order valence-electron chi connectivity index (χ3n) is 4.43. The number of hydrogen-bond acceptors (Lipinski definition) is 4. The summed E-state index contributed by atoms with van der Waals surface area (Å²) in [5.41, 5.74) is 8.53. The first-order chi connectivity index (χ1) is 12.6. The summed E-state index contributed by atoms with van der Waals surface area (Å²) in [6.07, 6.45) is 0. The maximum Gasteiger partial charge on any atom is 0.198 e. The highest BCUT2D eigenvalue weighted by Crippen LogP contribution is 2.28. The number of nitrogens with one attached hydrogen (secondary N) is 1. The van der Waals surface area contributed by atoms with Crippen molar-refractivity contribution in [3.8, 4) is 11.3 Å². The number of fused-ring (bicyclic) bond motifs is 3. The van der Waals surface area contributed by atoms with Gasteiger partial charge in [0.15, 0.2) is 11.4 Å². The lowest BCUT2D eigenvalue weighted by Gasteiger charge is -2.05. The van der Waals surface area contributed by atoms with Crippen LogP contribution in [0.2, 0.25) is 0 Å². The molecule has 0 unspecified atom stereocenters. The molecule has 0 fully saturated rings. The van der Waals surface area contributed by atoms with Crippen molar-refractivity contribution in [3.63, 3.8) is 0 Å². The molecule has 5 rings (SSSR count). The van der Waals surface area contributed by atoms with E-state index in [0.717, 1.165) is 31.8 Å². The topological polar surface area (TPSA) is 84.9 Å². The van der Waals surface area contributed by atoms with Gasteiger partial charge >= 0.3 is 0 Å². The predicted octanol–water partition coefficient (Wildman–Crippen LogP) is 4.83. The van der Waals surface area contributed by atoms with E-state index in [2.05, 4.69) is 25.9 Å². The van der Waals surface area contributed by atoms with E-state index in [9.17, 15) is 4.79 Å². The van der Waals surface area contributed by atoms with Gasteiger partial charge in [0.05, 0.1) is 16.4 Å². The van der Waals surface area contributed by atoms with Crippen molar-refractivity contribution in [2.75, 3.05) is 5.73 Å². The molecule has 0 aliphatic carbocycles. The molecule has 0 atom stereocenters. The van der Waals surface area contributed by atoms with Crippen LogP contribution in [0.4, 0.5) is 5.95 Å². The zero-order valence-corrected chi connectivity index (χ0v) is 15.0. The summed E-state index contributed by atoms with van der Waals surface area (Å²) in [6.45, 7) is 0. The number of rotatable bonds is 1. The zero-order chi connectivity index (χ0) is 17.8. The highest BCUT2D eigenvalue weighted by molar-refractivity contribution is 9.10. The standard InChI is InChI=1S/C20H12BrN3O2/c21-13-3-1-10-6-14-17(25)9-18(26-19(14)8-12(10)5-13)11-2-4-15-16(7-11)24-20(22)23-15/h1-9H,(H3,22,23,24). The van der Waals surface area contributed by atoms with Gasteiger partial charge in [0, 0.05) is 16.1 Å². The highest BCUT2D eigenvalue weighted by atomic mass is 79.9. The minimum Gasteiger partial charge on any atom is -0.456 e. The van der Waals surface area contributed by atoms with E-state index in [4.69, 9.17) is 10.2 Å². The van der Waals surface area contributed by atoms with Gasteiger partial charge in [-0.25, -0.2) is 4.98 Å². The summed E-state index contributed by atoms with van der Waals surface area (Å²) in [7, 11) is 0. The number of H-pyrrole nitrogens is 1. The molecule has 2 heterocycles. The molecule has 26 heavy (non-hydrogen) atoms. The van der Waals surface area contributed by atoms with Gasteiger partial charge in [0.1, 0.15) is 11.3 Å². The molecule has 0 spiro atoms.